The van der Waals surface area contributed by atoms with Gasteiger partial charge < -0.3 is 34.9 Å². The van der Waals surface area contributed by atoms with Gasteiger partial charge in [0.25, 0.3) is 11.8 Å². The lowest BCUT2D eigenvalue weighted by Crippen LogP contribution is -2.46. The Hall–Kier alpha value is -1.92. The van der Waals surface area contributed by atoms with E-state index in [9.17, 15) is 19.8 Å². The number of rotatable bonds is 1. The van der Waals surface area contributed by atoms with Crippen molar-refractivity contribution < 1.29 is 38.7 Å². The van der Waals surface area contributed by atoms with E-state index in [0.29, 0.717) is 17.5 Å². The highest BCUT2D eigenvalue weighted by Gasteiger charge is 2.58. The first-order valence-electron chi connectivity index (χ1n) is 11.7. The van der Waals surface area contributed by atoms with Gasteiger partial charge in [0.1, 0.15) is 24.4 Å². The average Bonchev–Trinajstić information content (AvgIpc) is 3.48. The van der Waals surface area contributed by atoms with E-state index in [1.54, 1.807) is 38.1 Å². The smallest absolute Gasteiger partial charge is 0.261 e. The van der Waals surface area contributed by atoms with E-state index in [0.717, 1.165) is 0 Å². The van der Waals surface area contributed by atoms with Crippen LogP contribution < -0.4 is 5.73 Å². The lowest BCUT2D eigenvalue weighted by molar-refractivity contribution is -0.166. The fourth-order valence-corrected chi connectivity index (χ4v) is 5.68. The number of ether oxygens (including phenoxy) is 4. The summed E-state index contributed by atoms with van der Waals surface area (Å²) >= 11 is 0. The van der Waals surface area contributed by atoms with Crippen LogP contribution in [0.4, 0.5) is 0 Å². The topological polar surface area (TPSA) is 141 Å². The molecule has 3 heterocycles. The normalized spacial score (nSPS) is 38.9. The molecule has 8 atom stereocenters. The Kier molecular flexibility index (Phi) is 7.76. The number of benzene rings is 1. The highest BCUT2D eigenvalue weighted by Crippen LogP contribution is 2.42. The van der Waals surface area contributed by atoms with Crippen LogP contribution in [-0.2, 0) is 18.9 Å². The quantitative estimate of drug-likeness (QED) is 0.484. The third kappa shape index (κ3) is 4.71. The molecule has 0 aromatic heterocycles. The zero-order valence-electron chi connectivity index (χ0n) is 19.7. The minimum absolute atomic E-state index is 0. The van der Waals surface area contributed by atoms with Gasteiger partial charge in [-0.05, 0) is 52.7 Å². The molecule has 2 amide bonds. The van der Waals surface area contributed by atoms with E-state index in [1.807, 2.05) is 13.8 Å². The van der Waals surface area contributed by atoms with Crippen molar-refractivity contribution in [2.75, 3.05) is 0 Å². The number of hydrogen-bond donors (Lipinski definition) is 3. The summed E-state index contributed by atoms with van der Waals surface area (Å²) in [5.41, 5.74) is 6.58. The number of nitrogens with zero attached hydrogens (tertiary/aromatic N) is 1. The Morgan fingerprint density at radius 2 is 1.19 bits per heavy atom. The lowest BCUT2D eigenvalue weighted by Gasteiger charge is -2.27. The number of fused-ring (bicyclic) bond motifs is 3. The molecule has 1 aromatic carbocycles. The van der Waals surface area contributed by atoms with Gasteiger partial charge in [-0.15, -0.1) is 0 Å². The predicted molar refractivity (Wildman–Crippen MR) is 131 cm³/mol. The van der Waals surface area contributed by atoms with Crippen molar-refractivity contribution >= 4 is 11.8 Å². The fraction of sp³-hybridized carbons (Fsp3) is 0.692. The Balaban J connectivity index is 0.000000221. The first-order chi connectivity index (χ1) is 15.9. The van der Waals surface area contributed by atoms with Gasteiger partial charge in [-0.1, -0.05) is 27.0 Å². The minimum atomic E-state index is -0.826. The number of carbonyl (C=O) groups excluding carboxylic acids is 2. The molecule has 4 N–H and O–H groups in total. The van der Waals surface area contributed by atoms with Crippen LogP contribution in [0.2, 0.25) is 0 Å². The zero-order valence-corrected chi connectivity index (χ0v) is 19.7. The highest BCUT2D eigenvalue weighted by atomic mass is 16.8. The molecule has 4 fully saturated rings. The molecular formula is C26H40N2O8. The second-order valence-electron chi connectivity index (χ2n) is 10.5. The van der Waals surface area contributed by atoms with Gasteiger partial charge in [-0.3, -0.25) is 14.5 Å². The predicted octanol–water partition coefficient (Wildman–Crippen LogP) is 1.81. The van der Waals surface area contributed by atoms with Crippen LogP contribution >= 0.6 is 0 Å². The van der Waals surface area contributed by atoms with Gasteiger partial charge in [-0.2, -0.15) is 0 Å². The minimum Gasteiger partial charge on any atom is -0.390 e. The number of aliphatic hydroxyl groups is 2. The molecule has 2 saturated carbocycles. The van der Waals surface area contributed by atoms with E-state index in [1.165, 1.54) is 4.90 Å². The fourth-order valence-electron chi connectivity index (χ4n) is 5.68. The summed E-state index contributed by atoms with van der Waals surface area (Å²) in [5.74, 6) is -2.07. The molecular weight excluding hydrogens is 468 g/mol. The highest BCUT2D eigenvalue weighted by molar-refractivity contribution is 6.21. The van der Waals surface area contributed by atoms with Crippen molar-refractivity contribution in [3.8, 4) is 0 Å². The van der Waals surface area contributed by atoms with Crippen LogP contribution in [0, 0.1) is 0 Å². The third-order valence-electron chi connectivity index (χ3n) is 7.04. The number of amides is 2. The SMILES string of the molecule is C.C.CC1(C)O[C@@H]2[C@H](O1)[C@@H](O)C[C@H]2N.CC1(C)O[C@@H]2[C@H](O1)[C@@H](O)C[C@H]2N1C(=O)c2ccccc2C1=O. The molecule has 10 heteroatoms. The molecule has 202 valence electrons. The molecule has 0 unspecified atom stereocenters. The molecule has 2 aliphatic carbocycles. The Labute approximate surface area is 212 Å². The van der Waals surface area contributed by atoms with Gasteiger partial charge in [0.05, 0.1) is 29.4 Å². The van der Waals surface area contributed by atoms with Gasteiger partial charge in [-0.25, -0.2) is 0 Å². The van der Waals surface area contributed by atoms with Gasteiger partial charge in [0.15, 0.2) is 11.6 Å². The Morgan fingerprint density at radius 3 is 1.69 bits per heavy atom. The second kappa shape index (κ2) is 9.75. The standard InChI is InChI=1S/C16H17NO5.C8H15NO3.2CH4/c1-16(2)21-12-10(7-11(18)13(12)22-16)17-14(19)8-5-3-4-6-9(8)15(17)20;1-8(2)11-6-4(9)3-5(10)7(6)12-8;;/h3-6,10-13,18H,7H2,1-2H3;4-7,10H,3,9H2,1-2H3;2*1H4/t10-,11+,12+,13-;4-,5+,6+,7-;;/m11../s1. The van der Waals surface area contributed by atoms with Gasteiger partial charge in [0, 0.05) is 6.04 Å². The summed E-state index contributed by atoms with van der Waals surface area (Å²) in [6.45, 7) is 7.20. The van der Waals surface area contributed by atoms with E-state index >= 15 is 0 Å². The van der Waals surface area contributed by atoms with E-state index in [2.05, 4.69) is 0 Å². The van der Waals surface area contributed by atoms with Crippen LogP contribution in [0.1, 0.15) is 76.1 Å². The summed E-state index contributed by atoms with van der Waals surface area (Å²) in [6, 6.07) is 6.17. The molecule has 0 spiro atoms. The van der Waals surface area contributed by atoms with Crippen LogP contribution in [0.15, 0.2) is 24.3 Å². The van der Waals surface area contributed by atoms with Crippen molar-refractivity contribution in [1.82, 2.24) is 4.90 Å². The molecule has 36 heavy (non-hydrogen) atoms. The van der Waals surface area contributed by atoms with E-state index in [4.69, 9.17) is 24.7 Å². The summed E-state index contributed by atoms with van der Waals surface area (Å²) in [5, 5.41) is 19.7. The lowest BCUT2D eigenvalue weighted by atomic mass is 10.1. The van der Waals surface area contributed by atoms with E-state index < -0.39 is 42.0 Å². The summed E-state index contributed by atoms with van der Waals surface area (Å²) in [7, 11) is 0. The van der Waals surface area contributed by atoms with Crippen LogP contribution in [0.25, 0.3) is 0 Å². The van der Waals surface area contributed by atoms with Crippen molar-refractivity contribution in [3.05, 3.63) is 35.4 Å². The Bertz CT molecular complexity index is 945. The van der Waals surface area contributed by atoms with Gasteiger partial charge in [0.2, 0.25) is 0 Å². The van der Waals surface area contributed by atoms with Crippen molar-refractivity contribution in [2.45, 2.75) is 116 Å². The molecule has 6 rings (SSSR count). The maximum Gasteiger partial charge on any atom is 0.261 e. The summed E-state index contributed by atoms with van der Waals surface area (Å²) in [4.78, 5) is 26.4. The molecule has 2 saturated heterocycles. The largest absolute Gasteiger partial charge is 0.390 e. The Morgan fingerprint density at radius 1 is 0.778 bits per heavy atom. The molecule has 3 aliphatic heterocycles. The van der Waals surface area contributed by atoms with E-state index in [-0.39, 0.29) is 51.3 Å². The molecule has 0 radical (unpaired) electrons. The first-order valence-corrected chi connectivity index (χ1v) is 11.7. The monoisotopic (exact) mass is 508 g/mol. The average molecular weight is 509 g/mol. The second-order valence-corrected chi connectivity index (χ2v) is 10.5. The maximum atomic E-state index is 12.6. The molecule has 10 nitrogen and oxygen atoms in total. The van der Waals surface area contributed by atoms with Gasteiger partial charge >= 0.3 is 0 Å². The number of imide groups is 1. The molecule has 0 bridgehead atoms. The zero-order chi connectivity index (χ0) is 24.6. The summed E-state index contributed by atoms with van der Waals surface area (Å²) < 4.78 is 22.6. The number of carbonyl (C=O) groups is 2. The molecule has 1 aromatic rings. The van der Waals surface area contributed by atoms with Crippen molar-refractivity contribution in [2.24, 2.45) is 5.73 Å². The first kappa shape index (κ1) is 28.6. The van der Waals surface area contributed by atoms with Crippen LogP contribution in [0.3, 0.4) is 0 Å². The van der Waals surface area contributed by atoms with Crippen LogP contribution in [-0.4, -0.2) is 87.2 Å². The number of hydrogen-bond acceptors (Lipinski definition) is 9. The third-order valence-corrected chi connectivity index (χ3v) is 7.04. The van der Waals surface area contributed by atoms with Crippen molar-refractivity contribution in [3.63, 3.8) is 0 Å². The summed E-state index contributed by atoms with van der Waals surface area (Å²) in [6.07, 6.45) is -1.73. The maximum absolute atomic E-state index is 12.6. The number of aliphatic hydroxyl groups excluding tert-OH is 2. The molecule has 5 aliphatic rings. The van der Waals surface area contributed by atoms with Crippen LogP contribution in [0.5, 0.6) is 0 Å². The van der Waals surface area contributed by atoms with Crippen molar-refractivity contribution in [1.29, 1.82) is 0 Å². The number of nitrogens with two attached hydrogens (primary N) is 1.